The number of aliphatic carboxylic acids is 1. The molecule has 4 nitrogen and oxygen atoms in total. The van der Waals surface area contributed by atoms with Gasteiger partial charge in [0, 0.05) is 5.69 Å². The highest BCUT2D eigenvalue weighted by Gasteiger charge is 1.97. The molecular weight excluding hydrogens is 158 g/mol. The van der Waals surface area contributed by atoms with Gasteiger partial charge in [0.2, 0.25) is 0 Å². The van der Waals surface area contributed by atoms with Crippen LogP contribution in [0.2, 0.25) is 0 Å². The van der Waals surface area contributed by atoms with Crippen molar-refractivity contribution >= 4 is 11.7 Å². The molecular formula is C8H9NO3. The molecule has 0 aliphatic carbocycles. The van der Waals surface area contributed by atoms with E-state index in [1.165, 1.54) is 0 Å². The Hall–Kier alpha value is -1.71. The highest BCUT2D eigenvalue weighted by molar-refractivity contribution is 5.68. The molecule has 1 rings (SSSR count). The number of benzene rings is 1. The zero-order valence-electron chi connectivity index (χ0n) is 6.36. The Kier molecular flexibility index (Phi) is 2.53. The van der Waals surface area contributed by atoms with Crippen molar-refractivity contribution < 1.29 is 14.6 Å². The van der Waals surface area contributed by atoms with Crippen LogP contribution in [0.1, 0.15) is 0 Å². The Morgan fingerprint density at radius 2 is 2.00 bits per heavy atom. The Bertz CT molecular complexity index is 268. The summed E-state index contributed by atoms with van der Waals surface area (Å²) in [6, 6.07) is 6.55. The van der Waals surface area contributed by atoms with Crippen LogP contribution in [0.15, 0.2) is 24.3 Å². The van der Waals surface area contributed by atoms with Crippen LogP contribution in [-0.2, 0) is 4.79 Å². The highest BCUT2D eigenvalue weighted by Crippen LogP contribution is 2.12. The SMILES string of the molecule is Nc1ccc(OCC(=O)O)cc1. The van der Waals surface area contributed by atoms with E-state index in [9.17, 15) is 4.79 Å². The van der Waals surface area contributed by atoms with Gasteiger partial charge in [-0.1, -0.05) is 0 Å². The standard InChI is InChI=1S/C8H9NO3/c9-6-1-3-7(4-2-6)12-5-8(10)11/h1-4H,5,9H2,(H,10,11). The second-order valence-electron chi connectivity index (χ2n) is 2.25. The summed E-state index contributed by atoms with van der Waals surface area (Å²) in [7, 11) is 0. The molecule has 0 atom stereocenters. The summed E-state index contributed by atoms with van der Waals surface area (Å²) >= 11 is 0. The second kappa shape index (κ2) is 3.61. The molecule has 0 aliphatic heterocycles. The van der Waals surface area contributed by atoms with Crippen molar-refractivity contribution in [1.29, 1.82) is 0 Å². The van der Waals surface area contributed by atoms with Gasteiger partial charge in [-0.15, -0.1) is 0 Å². The molecule has 0 bridgehead atoms. The van der Waals surface area contributed by atoms with Gasteiger partial charge in [0.05, 0.1) is 0 Å². The number of anilines is 1. The topological polar surface area (TPSA) is 72.5 Å². The molecule has 0 saturated heterocycles. The number of ether oxygens (including phenoxy) is 1. The lowest BCUT2D eigenvalue weighted by atomic mass is 10.3. The lowest BCUT2D eigenvalue weighted by molar-refractivity contribution is -0.139. The number of rotatable bonds is 3. The summed E-state index contributed by atoms with van der Waals surface area (Å²) in [6.45, 7) is -0.329. The van der Waals surface area contributed by atoms with Crippen LogP contribution in [0, 0.1) is 0 Å². The molecule has 0 aromatic heterocycles. The van der Waals surface area contributed by atoms with Gasteiger partial charge < -0.3 is 15.6 Å². The molecule has 0 spiro atoms. The first-order valence-corrected chi connectivity index (χ1v) is 3.38. The van der Waals surface area contributed by atoms with Gasteiger partial charge >= 0.3 is 5.97 Å². The molecule has 0 radical (unpaired) electrons. The van der Waals surface area contributed by atoms with Crippen molar-refractivity contribution in [3.63, 3.8) is 0 Å². The van der Waals surface area contributed by atoms with E-state index in [-0.39, 0.29) is 6.61 Å². The summed E-state index contributed by atoms with van der Waals surface area (Å²) in [4.78, 5) is 10.1. The number of hydrogen-bond acceptors (Lipinski definition) is 3. The molecule has 3 N–H and O–H groups in total. The zero-order chi connectivity index (χ0) is 8.97. The molecule has 0 unspecified atom stereocenters. The number of nitrogen functional groups attached to an aromatic ring is 1. The van der Waals surface area contributed by atoms with Crippen molar-refractivity contribution in [2.24, 2.45) is 0 Å². The van der Waals surface area contributed by atoms with Crippen LogP contribution >= 0.6 is 0 Å². The minimum atomic E-state index is -0.994. The van der Waals surface area contributed by atoms with Gasteiger partial charge in [0.1, 0.15) is 5.75 Å². The maximum atomic E-state index is 10.1. The van der Waals surface area contributed by atoms with E-state index in [4.69, 9.17) is 15.6 Å². The van der Waals surface area contributed by atoms with Crippen molar-refractivity contribution in [3.05, 3.63) is 24.3 Å². The molecule has 0 aliphatic rings. The van der Waals surface area contributed by atoms with Crippen molar-refractivity contribution in [1.82, 2.24) is 0 Å². The largest absolute Gasteiger partial charge is 0.482 e. The van der Waals surface area contributed by atoms with Gasteiger partial charge in [0.15, 0.2) is 6.61 Å². The average molecular weight is 167 g/mol. The quantitative estimate of drug-likeness (QED) is 0.651. The monoisotopic (exact) mass is 167 g/mol. The van der Waals surface area contributed by atoms with Gasteiger partial charge in [-0.05, 0) is 24.3 Å². The normalized spacial score (nSPS) is 9.33. The van der Waals surface area contributed by atoms with E-state index >= 15 is 0 Å². The maximum absolute atomic E-state index is 10.1. The van der Waals surface area contributed by atoms with E-state index in [1.807, 2.05) is 0 Å². The second-order valence-corrected chi connectivity index (χ2v) is 2.25. The van der Waals surface area contributed by atoms with Gasteiger partial charge in [-0.2, -0.15) is 0 Å². The molecule has 4 heteroatoms. The first-order chi connectivity index (χ1) is 5.68. The summed E-state index contributed by atoms with van der Waals surface area (Å²) in [5, 5.41) is 8.28. The number of hydrogen-bond donors (Lipinski definition) is 2. The summed E-state index contributed by atoms with van der Waals surface area (Å²) in [5.74, 6) is -0.488. The molecule has 0 saturated carbocycles. The molecule has 1 aromatic carbocycles. The number of carbonyl (C=O) groups is 1. The fourth-order valence-corrected chi connectivity index (χ4v) is 0.709. The third-order valence-corrected chi connectivity index (χ3v) is 1.24. The highest BCUT2D eigenvalue weighted by atomic mass is 16.5. The summed E-state index contributed by atoms with van der Waals surface area (Å²) in [6.07, 6.45) is 0. The zero-order valence-corrected chi connectivity index (χ0v) is 6.36. The lowest BCUT2D eigenvalue weighted by Gasteiger charge is -2.01. The van der Waals surface area contributed by atoms with Crippen LogP contribution in [0.5, 0.6) is 5.75 Å². The lowest BCUT2D eigenvalue weighted by Crippen LogP contribution is -2.09. The molecule has 0 fully saturated rings. The number of nitrogens with two attached hydrogens (primary N) is 1. The average Bonchev–Trinajstić information content (AvgIpc) is 2.03. The maximum Gasteiger partial charge on any atom is 0.341 e. The van der Waals surface area contributed by atoms with Crippen LogP contribution in [0.4, 0.5) is 5.69 Å². The smallest absolute Gasteiger partial charge is 0.341 e. The third-order valence-electron chi connectivity index (χ3n) is 1.24. The molecule has 1 aromatic rings. The van der Waals surface area contributed by atoms with Crippen molar-refractivity contribution in [2.45, 2.75) is 0 Å². The van der Waals surface area contributed by atoms with Crippen LogP contribution in [0.25, 0.3) is 0 Å². The summed E-state index contributed by atoms with van der Waals surface area (Å²) < 4.78 is 4.87. The van der Waals surface area contributed by atoms with Crippen LogP contribution in [-0.4, -0.2) is 17.7 Å². The Labute approximate surface area is 69.6 Å². The van der Waals surface area contributed by atoms with Gasteiger partial charge in [-0.3, -0.25) is 0 Å². The molecule has 0 heterocycles. The van der Waals surface area contributed by atoms with E-state index in [1.54, 1.807) is 24.3 Å². The first-order valence-electron chi connectivity index (χ1n) is 3.38. The van der Waals surface area contributed by atoms with Crippen molar-refractivity contribution in [3.8, 4) is 5.75 Å². The Morgan fingerprint density at radius 3 is 2.50 bits per heavy atom. The number of carboxylic acid groups (broad SMARTS) is 1. The fourth-order valence-electron chi connectivity index (χ4n) is 0.709. The van der Waals surface area contributed by atoms with E-state index < -0.39 is 5.97 Å². The van der Waals surface area contributed by atoms with E-state index in [0.29, 0.717) is 11.4 Å². The molecule has 0 amide bonds. The summed E-state index contributed by atoms with van der Waals surface area (Å²) in [5.41, 5.74) is 6.03. The Morgan fingerprint density at radius 1 is 1.42 bits per heavy atom. The minimum Gasteiger partial charge on any atom is -0.482 e. The van der Waals surface area contributed by atoms with Crippen LogP contribution < -0.4 is 10.5 Å². The van der Waals surface area contributed by atoms with E-state index in [2.05, 4.69) is 0 Å². The first kappa shape index (κ1) is 8.39. The van der Waals surface area contributed by atoms with Gasteiger partial charge in [-0.25, -0.2) is 4.79 Å². The molecule has 64 valence electrons. The fraction of sp³-hybridized carbons (Fsp3) is 0.125. The predicted molar refractivity (Wildman–Crippen MR) is 44.0 cm³/mol. The predicted octanol–water partition coefficient (Wildman–Crippen LogP) is 0.732. The Balaban J connectivity index is 2.53. The van der Waals surface area contributed by atoms with Crippen molar-refractivity contribution in [2.75, 3.05) is 12.3 Å². The minimum absolute atomic E-state index is 0.329. The third kappa shape index (κ3) is 2.49. The number of carboxylic acids is 1. The van der Waals surface area contributed by atoms with E-state index in [0.717, 1.165) is 0 Å². The van der Waals surface area contributed by atoms with Crippen LogP contribution in [0.3, 0.4) is 0 Å². The molecule has 12 heavy (non-hydrogen) atoms. The van der Waals surface area contributed by atoms with Gasteiger partial charge in [0.25, 0.3) is 0 Å².